The van der Waals surface area contributed by atoms with Crippen molar-refractivity contribution in [2.45, 2.75) is 59.0 Å². The lowest BCUT2D eigenvalue weighted by Gasteiger charge is -2.28. The number of anilines is 1. The SMILES string of the molecule is CC(C)(CCC1COCCO1)C(=O)Nc1cc(C(C)(C)C)on1. The van der Waals surface area contributed by atoms with Crippen molar-refractivity contribution >= 4 is 11.7 Å². The van der Waals surface area contributed by atoms with Gasteiger partial charge in [-0.15, -0.1) is 0 Å². The van der Waals surface area contributed by atoms with Crippen LogP contribution in [-0.4, -0.2) is 37.0 Å². The largest absolute Gasteiger partial charge is 0.376 e. The van der Waals surface area contributed by atoms with Gasteiger partial charge >= 0.3 is 0 Å². The highest BCUT2D eigenvalue weighted by Gasteiger charge is 2.30. The molecule has 130 valence electrons. The first-order valence-electron chi connectivity index (χ1n) is 8.16. The molecule has 1 N–H and O–H groups in total. The highest BCUT2D eigenvalue weighted by atomic mass is 16.6. The number of rotatable bonds is 5. The number of hydrogen-bond acceptors (Lipinski definition) is 5. The Balaban J connectivity index is 1.88. The van der Waals surface area contributed by atoms with Crippen LogP contribution in [0.5, 0.6) is 0 Å². The maximum atomic E-state index is 12.5. The van der Waals surface area contributed by atoms with Gasteiger partial charge in [0.2, 0.25) is 5.91 Å². The lowest BCUT2D eigenvalue weighted by molar-refractivity contribution is -0.126. The van der Waals surface area contributed by atoms with Gasteiger partial charge in [-0.1, -0.05) is 39.8 Å². The van der Waals surface area contributed by atoms with Gasteiger partial charge < -0.3 is 19.3 Å². The van der Waals surface area contributed by atoms with Gasteiger partial charge in [0.15, 0.2) is 5.82 Å². The van der Waals surface area contributed by atoms with Crippen LogP contribution in [0.3, 0.4) is 0 Å². The predicted molar refractivity (Wildman–Crippen MR) is 87.4 cm³/mol. The van der Waals surface area contributed by atoms with Gasteiger partial charge in [0.05, 0.1) is 25.9 Å². The molecule has 1 aromatic heterocycles. The van der Waals surface area contributed by atoms with E-state index in [1.165, 1.54) is 0 Å². The molecule has 1 atom stereocenters. The van der Waals surface area contributed by atoms with E-state index in [4.69, 9.17) is 14.0 Å². The summed E-state index contributed by atoms with van der Waals surface area (Å²) in [5.74, 6) is 1.14. The fourth-order valence-corrected chi connectivity index (χ4v) is 2.31. The minimum Gasteiger partial charge on any atom is -0.376 e. The van der Waals surface area contributed by atoms with Crippen molar-refractivity contribution in [3.63, 3.8) is 0 Å². The van der Waals surface area contributed by atoms with Crippen molar-refractivity contribution in [3.8, 4) is 0 Å². The van der Waals surface area contributed by atoms with Crippen molar-refractivity contribution in [2.75, 3.05) is 25.1 Å². The van der Waals surface area contributed by atoms with Gasteiger partial charge in [0.1, 0.15) is 5.76 Å². The van der Waals surface area contributed by atoms with Crippen LogP contribution in [0.2, 0.25) is 0 Å². The number of carbonyl (C=O) groups is 1. The van der Waals surface area contributed by atoms with E-state index in [1.54, 1.807) is 6.07 Å². The number of amides is 1. The van der Waals surface area contributed by atoms with Gasteiger partial charge in [-0.2, -0.15) is 0 Å². The minimum absolute atomic E-state index is 0.0667. The van der Waals surface area contributed by atoms with E-state index in [1.807, 2.05) is 34.6 Å². The number of aromatic nitrogens is 1. The Morgan fingerprint density at radius 3 is 2.61 bits per heavy atom. The Bertz CT molecular complexity index is 525. The van der Waals surface area contributed by atoms with Crippen LogP contribution in [0.15, 0.2) is 10.6 Å². The summed E-state index contributed by atoms with van der Waals surface area (Å²) in [7, 11) is 0. The summed E-state index contributed by atoms with van der Waals surface area (Å²) >= 11 is 0. The van der Waals surface area contributed by atoms with Crippen molar-refractivity contribution in [2.24, 2.45) is 5.41 Å². The van der Waals surface area contributed by atoms with E-state index in [9.17, 15) is 4.79 Å². The highest BCUT2D eigenvalue weighted by molar-refractivity contribution is 5.93. The minimum atomic E-state index is -0.512. The van der Waals surface area contributed by atoms with Gasteiger partial charge in [-0.3, -0.25) is 4.79 Å². The van der Waals surface area contributed by atoms with Crippen LogP contribution < -0.4 is 5.32 Å². The normalized spacial score (nSPS) is 19.6. The fraction of sp³-hybridized carbons (Fsp3) is 0.765. The summed E-state index contributed by atoms with van der Waals surface area (Å²) in [4.78, 5) is 12.5. The van der Waals surface area contributed by atoms with E-state index < -0.39 is 5.41 Å². The summed E-state index contributed by atoms with van der Waals surface area (Å²) in [5, 5.41) is 6.78. The van der Waals surface area contributed by atoms with Crippen LogP contribution in [-0.2, 0) is 19.7 Å². The molecule has 0 spiro atoms. The Morgan fingerprint density at radius 1 is 1.30 bits per heavy atom. The average Bonchev–Trinajstić information content (AvgIpc) is 2.95. The Morgan fingerprint density at radius 2 is 2.04 bits per heavy atom. The summed E-state index contributed by atoms with van der Waals surface area (Å²) in [6.45, 7) is 11.9. The molecule has 2 heterocycles. The second kappa shape index (κ2) is 7.01. The van der Waals surface area contributed by atoms with Gasteiger partial charge in [-0.05, 0) is 12.8 Å². The Labute approximate surface area is 137 Å². The quantitative estimate of drug-likeness (QED) is 0.901. The molecule has 1 saturated heterocycles. The van der Waals surface area contributed by atoms with Crippen molar-refractivity contribution in [1.29, 1.82) is 0 Å². The zero-order chi connectivity index (χ0) is 17.1. The van der Waals surface area contributed by atoms with Crippen LogP contribution in [0, 0.1) is 5.41 Å². The second-order valence-electron chi connectivity index (χ2n) is 7.77. The molecule has 1 aliphatic heterocycles. The van der Waals surface area contributed by atoms with Crippen LogP contribution in [0.4, 0.5) is 5.82 Å². The molecule has 1 aliphatic rings. The molecule has 23 heavy (non-hydrogen) atoms. The molecule has 1 fully saturated rings. The van der Waals surface area contributed by atoms with Crippen molar-refractivity contribution in [3.05, 3.63) is 11.8 Å². The van der Waals surface area contributed by atoms with Gasteiger partial charge in [-0.25, -0.2) is 0 Å². The molecular weight excluding hydrogens is 296 g/mol. The summed E-state index contributed by atoms with van der Waals surface area (Å²) in [6.07, 6.45) is 1.60. The smallest absolute Gasteiger partial charge is 0.231 e. The first-order chi connectivity index (χ1) is 10.7. The summed E-state index contributed by atoms with van der Waals surface area (Å²) in [5.41, 5.74) is -0.647. The lowest BCUT2D eigenvalue weighted by Crippen LogP contribution is -2.34. The third-order valence-corrected chi connectivity index (χ3v) is 4.08. The monoisotopic (exact) mass is 324 g/mol. The van der Waals surface area contributed by atoms with Crippen LogP contribution >= 0.6 is 0 Å². The molecule has 0 bridgehead atoms. The number of hydrogen-bond donors (Lipinski definition) is 1. The van der Waals surface area contributed by atoms with Crippen molar-refractivity contribution in [1.82, 2.24) is 5.16 Å². The molecule has 0 aliphatic carbocycles. The van der Waals surface area contributed by atoms with E-state index in [0.717, 1.165) is 18.6 Å². The molecule has 0 aromatic carbocycles. The Kier molecular flexibility index (Phi) is 5.47. The zero-order valence-electron chi connectivity index (χ0n) is 14.8. The maximum Gasteiger partial charge on any atom is 0.231 e. The van der Waals surface area contributed by atoms with E-state index in [0.29, 0.717) is 25.6 Å². The fourth-order valence-electron chi connectivity index (χ4n) is 2.31. The average molecular weight is 324 g/mol. The molecule has 0 saturated carbocycles. The number of nitrogens with zero attached hydrogens (tertiary/aromatic N) is 1. The van der Waals surface area contributed by atoms with Crippen LogP contribution in [0.1, 0.15) is 53.2 Å². The van der Waals surface area contributed by atoms with E-state index in [-0.39, 0.29) is 17.4 Å². The molecule has 1 aromatic rings. The molecule has 2 rings (SSSR count). The molecule has 6 nitrogen and oxygen atoms in total. The van der Waals surface area contributed by atoms with E-state index >= 15 is 0 Å². The molecule has 1 amide bonds. The number of ether oxygens (including phenoxy) is 2. The molecule has 1 unspecified atom stereocenters. The standard InChI is InChI=1S/C17H28N2O4/c1-16(2,3)13-10-14(19-23-13)18-15(20)17(4,5)7-6-12-11-21-8-9-22-12/h10,12H,6-9,11H2,1-5H3,(H,18,19,20). The zero-order valence-corrected chi connectivity index (χ0v) is 14.8. The first-order valence-corrected chi connectivity index (χ1v) is 8.16. The number of nitrogens with one attached hydrogen (secondary N) is 1. The van der Waals surface area contributed by atoms with E-state index in [2.05, 4.69) is 10.5 Å². The van der Waals surface area contributed by atoms with Gasteiger partial charge in [0, 0.05) is 16.9 Å². The summed E-state index contributed by atoms with van der Waals surface area (Å²) in [6, 6.07) is 1.78. The lowest BCUT2D eigenvalue weighted by atomic mass is 9.85. The third kappa shape index (κ3) is 5.04. The highest BCUT2D eigenvalue weighted by Crippen LogP contribution is 2.28. The second-order valence-corrected chi connectivity index (χ2v) is 7.77. The first kappa shape index (κ1) is 17.9. The van der Waals surface area contributed by atoms with Crippen LogP contribution in [0.25, 0.3) is 0 Å². The molecule has 0 radical (unpaired) electrons. The summed E-state index contributed by atoms with van der Waals surface area (Å²) < 4.78 is 16.3. The topological polar surface area (TPSA) is 73.6 Å². The predicted octanol–water partition coefficient (Wildman–Crippen LogP) is 3.13. The maximum absolute atomic E-state index is 12.5. The molecular formula is C17H28N2O4. The van der Waals surface area contributed by atoms with Crippen molar-refractivity contribution < 1.29 is 18.8 Å². The number of carbonyl (C=O) groups excluding carboxylic acids is 1. The Hall–Kier alpha value is -1.40. The third-order valence-electron chi connectivity index (χ3n) is 4.08. The molecule has 6 heteroatoms. The van der Waals surface area contributed by atoms with Gasteiger partial charge in [0.25, 0.3) is 0 Å².